The van der Waals surface area contributed by atoms with Crippen molar-refractivity contribution in [1.29, 1.82) is 0 Å². The molecule has 1 amide bonds. The molecule has 0 aliphatic heterocycles. The second-order valence-electron chi connectivity index (χ2n) is 5.81. The van der Waals surface area contributed by atoms with Crippen molar-refractivity contribution in [1.82, 2.24) is 0 Å². The van der Waals surface area contributed by atoms with E-state index < -0.39 is 0 Å². The highest BCUT2D eigenvalue weighted by Gasteiger charge is 2.34. The summed E-state index contributed by atoms with van der Waals surface area (Å²) < 4.78 is 0. The van der Waals surface area contributed by atoms with Gasteiger partial charge in [0.15, 0.2) is 0 Å². The molecule has 1 aliphatic carbocycles. The maximum atomic E-state index is 12.4. The van der Waals surface area contributed by atoms with Crippen LogP contribution in [0.3, 0.4) is 0 Å². The Hall–Kier alpha value is -1.35. The average molecular weight is 260 g/mol. The van der Waals surface area contributed by atoms with Crippen LogP contribution in [-0.2, 0) is 11.2 Å². The second kappa shape index (κ2) is 6.20. The van der Waals surface area contributed by atoms with Crippen LogP contribution in [0.1, 0.15) is 44.6 Å². The van der Waals surface area contributed by atoms with Crippen molar-refractivity contribution in [2.75, 3.05) is 11.9 Å². The van der Waals surface area contributed by atoms with E-state index in [-0.39, 0.29) is 11.3 Å². The Labute approximate surface area is 115 Å². The number of carbonyl (C=O) groups is 1. The predicted octanol–water partition coefficient (Wildman–Crippen LogP) is 3.10. The predicted molar refractivity (Wildman–Crippen MR) is 79.0 cm³/mol. The van der Waals surface area contributed by atoms with Crippen LogP contribution < -0.4 is 11.1 Å². The molecule has 3 N–H and O–H groups in total. The van der Waals surface area contributed by atoms with E-state index in [0.717, 1.165) is 24.9 Å². The number of benzene rings is 1. The van der Waals surface area contributed by atoms with Gasteiger partial charge in [-0.1, -0.05) is 38.3 Å². The molecule has 0 bridgehead atoms. The molecule has 19 heavy (non-hydrogen) atoms. The lowest BCUT2D eigenvalue weighted by Crippen LogP contribution is -2.35. The maximum Gasteiger partial charge on any atom is 0.230 e. The summed E-state index contributed by atoms with van der Waals surface area (Å²) in [5, 5.41) is 3.05. The van der Waals surface area contributed by atoms with E-state index in [0.29, 0.717) is 6.54 Å². The Kier molecular flexibility index (Phi) is 4.59. The third-order valence-electron chi connectivity index (χ3n) is 4.15. The van der Waals surface area contributed by atoms with Crippen LogP contribution in [0.5, 0.6) is 0 Å². The molecule has 1 saturated carbocycles. The Morgan fingerprint density at radius 1 is 1.21 bits per heavy atom. The molecule has 1 fully saturated rings. The zero-order valence-corrected chi connectivity index (χ0v) is 11.7. The summed E-state index contributed by atoms with van der Waals surface area (Å²) in [6.07, 6.45) is 6.48. The zero-order valence-electron chi connectivity index (χ0n) is 11.7. The second-order valence-corrected chi connectivity index (χ2v) is 5.81. The largest absolute Gasteiger partial charge is 0.330 e. The van der Waals surface area contributed by atoms with Crippen LogP contribution in [-0.4, -0.2) is 12.5 Å². The molecule has 1 aromatic carbocycles. The molecule has 1 aromatic rings. The first-order valence-corrected chi connectivity index (χ1v) is 7.24. The van der Waals surface area contributed by atoms with Gasteiger partial charge in [-0.2, -0.15) is 0 Å². The monoisotopic (exact) mass is 260 g/mol. The zero-order chi connectivity index (χ0) is 13.7. The summed E-state index contributed by atoms with van der Waals surface area (Å²) in [5.74, 6) is 0.166. The lowest BCUT2D eigenvalue weighted by molar-refractivity contribution is -0.126. The molecule has 0 saturated heterocycles. The summed E-state index contributed by atoms with van der Waals surface area (Å²) in [6.45, 7) is 2.74. The highest BCUT2D eigenvalue weighted by molar-refractivity contribution is 5.95. The van der Waals surface area contributed by atoms with Gasteiger partial charge in [0.2, 0.25) is 5.91 Å². The number of rotatable bonds is 4. The van der Waals surface area contributed by atoms with E-state index in [1.165, 1.54) is 24.8 Å². The van der Waals surface area contributed by atoms with Gasteiger partial charge in [0.1, 0.15) is 0 Å². The van der Waals surface area contributed by atoms with Crippen LogP contribution in [0.15, 0.2) is 24.3 Å². The van der Waals surface area contributed by atoms with Gasteiger partial charge in [0.25, 0.3) is 0 Å². The number of carbonyl (C=O) groups excluding carboxylic acids is 1. The minimum absolute atomic E-state index is 0.166. The molecular formula is C16H24N2O. The quantitative estimate of drug-likeness (QED) is 0.874. The van der Waals surface area contributed by atoms with Gasteiger partial charge >= 0.3 is 0 Å². The highest BCUT2D eigenvalue weighted by Crippen LogP contribution is 2.36. The smallest absolute Gasteiger partial charge is 0.230 e. The molecule has 0 atom stereocenters. The molecular weight excluding hydrogens is 236 g/mol. The lowest BCUT2D eigenvalue weighted by atomic mass is 9.75. The van der Waals surface area contributed by atoms with Crippen molar-refractivity contribution in [3.63, 3.8) is 0 Å². The Morgan fingerprint density at radius 3 is 2.42 bits per heavy atom. The third-order valence-corrected chi connectivity index (χ3v) is 4.15. The van der Waals surface area contributed by atoms with Crippen LogP contribution in [0, 0.1) is 5.41 Å². The third kappa shape index (κ3) is 3.57. The van der Waals surface area contributed by atoms with Gasteiger partial charge in [-0.15, -0.1) is 0 Å². The van der Waals surface area contributed by atoms with Gasteiger partial charge in [-0.25, -0.2) is 0 Å². The van der Waals surface area contributed by atoms with Crippen LogP contribution >= 0.6 is 0 Å². The van der Waals surface area contributed by atoms with Gasteiger partial charge in [-0.05, 0) is 43.5 Å². The number of nitrogens with one attached hydrogen (secondary N) is 1. The van der Waals surface area contributed by atoms with Gasteiger partial charge < -0.3 is 11.1 Å². The minimum Gasteiger partial charge on any atom is -0.330 e. The minimum atomic E-state index is -0.186. The maximum absolute atomic E-state index is 12.4. The Bertz CT molecular complexity index is 419. The van der Waals surface area contributed by atoms with E-state index in [2.05, 4.69) is 12.2 Å². The molecule has 2 rings (SSSR count). The fourth-order valence-corrected chi connectivity index (χ4v) is 2.76. The number of anilines is 1. The van der Waals surface area contributed by atoms with E-state index >= 15 is 0 Å². The molecule has 104 valence electrons. The molecule has 0 aromatic heterocycles. The van der Waals surface area contributed by atoms with Gasteiger partial charge in [0, 0.05) is 11.1 Å². The normalized spacial score (nSPS) is 18.0. The fourth-order valence-electron chi connectivity index (χ4n) is 2.76. The first-order chi connectivity index (χ1) is 9.14. The summed E-state index contributed by atoms with van der Waals surface area (Å²) in [5.41, 5.74) is 7.44. The Morgan fingerprint density at radius 2 is 1.84 bits per heavy atom. The van der Waals surface area contributed by atoms with Crippen LogP contribution in [0.4, 0.5) is 5.69 Å². The van der Waals surface area contributed by atoms with E-state index in [1.54, 1.807) is 0 Å². The molecule has 1 aliphatic rings. The van der Waals surface area contributed by atoms with Crippen molar-refractivity contribution >= 4 is 11.6 Å². The van der Waals surface area contributed by atoms with Crippen LogP contribution in [0.25, 0.3) is 0 Å². The molecule has 3 heteroatoms. The molecule has 3 nitrogen and oxygen atoms in total. The summed E-state index contributed by atoms with van der Waals surface area (Å²) in [7, 11) is 0. The molecule has 0 heterocycles. The number of hydrogen-bond acceptors (Lipinski definition) is 2. The first kappa shape index (κ1) is 14.1. The highest BCUT2D eigenvalue weighted by atomic mass is 16.2. The summed E-state index contributed by atoms with van der Waals surface area (Å²) in [4.78, 5) is 12.4. The van der Waals surface area contributed by atoms with Crippen molar-refractivity contribution in [3.8, 4) is 0 Å². The topological polar surface area (TPSA) is 55.1 Å². The average Bonchev–Trinajstić information content (AvgIpc) is 2.42. The van der Waals surface area contributed by atoms with Crippen molar-refractivity contribution in [2.45, 2.75) is 45.4 Å². The van der Waals surface area contributed by atoms with E-state index in [9.17, 15) is 4.79 Å². The summed E-state index contributed by atoms with van der Waals surface area (Å²) >= 11 is 0. The molecule has 0 spiro atoms. The van der Waals surface area contributed by atoms with E-state index in [4.69, 9.17) is 5.73 Å². The standard InChI is InChI=1S/C16H24N2O/c1-16(10-3-2-4-11-16)15(19)18-14-7-5-13(6-8-14)9-12-17/h5-8H,2-4,9-12,17H2,1H3,(H,18,19). The molecule has 0 unspecified atom stereocenters. The van der Waals surface area contributed by atoms with Crippen molar-refractivity contribution in [3.05, 3.63) is 29.8 Å². The van der Waals surface area contributed by atoms with Crippen molar-refractivity contribution in [2.24, 2.45) is 11.1 Å². The van der Waals surface area contributed by atoms with Gasteiger partial charge in [-0.3, -0.25) is 4.79 Å². The molecule has 0 radical (unpaired) electrons. The first-order valence-electron chi connectivity index (χ1n) is 7.24. The number of nitrogens with two attached hydrogens (primary N) is 1. The van der Waals surface area contributed by atoms with E-state index in [1.807, 2.05) is 24.3 Å². The van der Waals surface area contributed by atoms with Crippen LogP contribution in [0.2, 0.25) is 0 Å². The summed E-state index contributed by atoms with van der Waals surface area (Å²) in [6, 6.07) is 8.00. The van der Waals surface area contributed by atoms with Crippen molar-refractivity contribution < 1.29 is 4.79 Å². The Balaban J connectivity index is 1.98. The lowest BCUT2D eigenvalue weighted by Gasteiger charge is -2.32. The number of hydrogen-bond donors (Lipinski definition) is 2. The SMILES string of the molecule is CC1(C(=O)Nc2ccc(CCN)cc2)CCCCC1. The van der Waals surface area contributed by atoms with Gasteiger partial charge in [0.05, 0.1) is 0 Å². The fraction of sp³-hybridized carbons (Fsp3) is 0.562. The number of amides is 1.